The smallest absolute Gasteiger partial charge is 0.375 e. The van der Waals surface area contributed by atoms with Gasteiger partial charge in [0.2, 0.25) is 21.8 Å². The summed E-state index contributed by atoms with van der Waals surface area (Å²) in [5, 5.41) is 26.1. The molecule has 0 aliphatic carbocycles. The maximum absolute atomic E-state index is 14.1. The lowest BCUT2D eigenvalue weighted by Gasteiger charge is -2.45. The number of hydrogen-bond donors (Lipinski definition) is 4. The van der Waals surface area contributed by atoms with E-state index in [1.807, 2.05) is 38.1 Å². The maximum atomic E-state index is 14.1. The van der Waals surface area contributed by atoms with E-state index in [0.717, 1.165) is 29.2 Å². The summed E-state index contributed by atoms with van der Waals surface area (Å²) in [5.41, 5.74) is 4.36. The highest BCUT2D eigenvalue weighted by molar-refractivity contribution is 7.88. The zero-order valence-corrected chi connectivity index (χ0v) is 39.1. The first kappa shape index (κ1) is 45.8. The summed E-state index contributed by atoms with van der Waals surface area (Å²) >= 11 is 6.43. The number of carboxylic acid groups (broad SMARTS) is 2. The second-order valence-corrected chi connectivity index (χ2v) is 20.8. The van der Waals surface area contributed by atoms with Gasteiger partial charge in [0.05, 0.1) is 11.4 Å². The van der Waals surface area contributed by atoms with Crippen molar-refractivity contribution < 1.29 is 56.2 Å². The first-order chi connectivity index (χ1) is 33.0. The number of nitrogens with zero attached hydrogens (tertiary/aromatic N) is 4. The van der Waals surface area contributed by atoms with Gasteiger partial charge in [-0.2, -0.15) is 9.29 Å². The van der Waals surface area contributed by atoms with Crippen molar-refractivity contribution in [1.82, 2.24) is 14.6 Å². The van der Waals surface area contributed by atoms with Crippen LogP contribution >= 0.6 is 11.6 Å². The zero-order valence-electron chi connectivity index (χ0n) is 37.5. The number of fused-ring (bicyclic) bond motifs is 1. The topological polar surface area (TPSA) is 242 Å². The van der Waals surface area contributed by atoms with Gasteiger partial charge >= 0.3 is 11.9 Å². The minimum atomic E-state index is -3.79. The van der Waals surface area contributed by atoms with Gasteiger partial charge in [0.25, 0.3) is 17.7 Å². The zero-order chi connectivity index (χ0) is 48.5. The molecule has 10 rings (SSSR count). The van der Waals surface area contributed by atoms with Crippen molar-refractivity contribution in [2.75, 3.05) is 41.4 Å². The monoisotopic (exact) mass is 978 g/mol. The van der Waals surface area contributed by atoms with Gasteiger partial charge in [-0.05, 0) is 105 Å². The van der Waals surface area contributed by atoms with Gasteiger partial charge in [0.1, 0.15) is 16.6 Å². The van der Waals surface area contributed by atoms with E-state index in [9.17, 15) is 37.5 Å². The van der Waals surface area contributed by atoms with Crippen molar-refractivity contribution in [3.63, 3.8) is 0 Å². The third kappa shape index (κ3) is 8.52. The van der Waals surface area contributed by atoms with Crippen LogP contribution in [0.2, 0.25) is 5.02 Å². The molecule has 69 heavy (non-hydrogen) atoms. The standard InChI is InChI=1S/C49H47ClN6O12S/c1-49(2)23-30(51-29-6-3-5-28(22-29)42-41(50)43(66-24-39(58)59)44(68-42)47(62)63)17-20-55(49)69(64,65)25-26-9-13-37-34(21-26)52-48(67-37)54-18-15-27(16-19-54)31-10-11-35-40-32(31)7-4-8-33(40)46(61)56(35)36-12-14-38(57)53-45(36)60/h3-11,13,21-22,27,30,36,51H,12,14-20,23-25H2,1-2H3,(H,58,59)(H,62,63)(H,53,57,60). The van der Waals surface area contributed by atoms with Crippen LogP contribution in [0.15, 0.2) is 81.6 Å². The van der Waals surface area contributed by atoms with Crippen molar-refractivity contribution in [2.24, 2.45) is 0 Å². The summed E-state index contributed by atoms with van der Waals surface area (Å²) in [4.78, 5) is 69.7. The highest BCUT2D eigenvalue weighted by Crippen LogP contribution is 2.45. The molecule has 0 spiro atoms. The van der Waals surface area contributed by atoms with Gasteiger partial charge in [0, 0.05) is 59.8 Å². The van der Waals surface area contributed by atoms with Crippen LogP contribution in [0, 0.1) is 0 Å². The van der Waals surface area contributed by atoms with Gasteiger partial charge < -0.3 is 34.0 Å². The number of benzene rings is 4. The Morgan fingerprint density at radius 2 is 1.74 bits per heavy atom. The van der Waals surface area contributed by atoms with Crippen molar-refractivity contribution >= 4 is 90.5 Å². The number of carbonyl (C=O) groups excluding carboxylic acids is 3. The molecule has 4 N–H and O–H groups in total. The molecular weight excluding hydrogens is 932 g/mol. The molecule has 6 aromatic rings. The number of hydrogen-bond acceptors (Lipinski definition) is 13. The fourth-order valence-electron chi connectivity index (χ4n) is 10.5. The van der Waals surface area contributed by atoms with E-state index in [4.69, 9.17) is 35.3 Å². The Morgan fingerprint density at radius 3 is 2.48 bits per heavy atom. The van der Waals surface area contributed by atoms with E-state index in [0.29, 0.717) is 71.1 Å². The summed E-state index contributed by atoms with van der Waals surface area (Å²) in [6, 6.07) is 21.4. The predicted octanol–water partition coefficient (Wildman–Crippen LogP) is 7.39. The van der Waals surface area contributed by atoms with Crippen LogP contribution in [0.25, 0.3) is 33.2 Å². The number of anilines is 3. The van der Waals surface area contributed by atoms with Crippen molar-refractivity contribution in [3.05, 3.63) is 100 Å². The molecular formula is C49H47ClN6O12S. The Kier molecular flexibility index (Phi) is 11.6. The molecule has 0 bridgehead atoms. The molecule has 2 atom stereocenters. The summed E-state index contributed by atoms with van der Waals surface area (Å²) < 4.78 is 46.7. The van der Waals surface area contributed by atoms with E-state index in [2.05, 4.69) is 21.6 Å². The Hall–Kier alpha value is -6.96. The molecule has 2 unspecified atom stereocenters. The fourth-order valence-corrected chi connectivity index (χ4v) is 12.7. The summed E-state index contributed by atoms with van der Waals surface area (Å²) in [5.74, 6) is -4.88. The van der Waals surface area contributed by atoms with Crippen LogP contribution < -0.4 is 25.2 Å². The highest BCUT2D eigenvalue weighted by Gasteiger charge is 2.43. The first-order valence-electron chi connectivity index (χ1n) is 22.6. The molecule has 3 amide bonds. The van der Waals surface area contributed by atoms with Crippen LogP contribution in [-0.2, 0) is 30.2 Å². The summed E-state index contributed by atoms with van der Waals surface area (Å²) in [6.07, 6.45) is 3.01. The van der Waals surface area contributed by atoms with Gasteiger partial charge in [-0.3, -0.25) is 24.6 Å². The Balaban J connectivity index is 0.778. The van der Waals surface area contributed by atoms with Crippen LogP contribution in [-0.4, -0.2) is 101 Å². The third-order valence-corrected chi connectivity index (χ3v) is 15.9. The van der Waals surface area contributed by atoms with E-state index in [1.165, 1.54) is 0 Å². The second kappa shape index (κ2) is 17.5. The predicted molar refractivity (Wildman–Crippen MR) is 254 cm³/mol. The first-order valence-corrected chi connectivity index (χ1v) is 24.6. The number of imide groups is 1. The minimum absolute atomic E-state index is 0.00460. The summed E-state index contributed by atoms with van der Waals surface area (Å²) in [6.45, 7) is 4.55. The largest absolute Gasteiger partial charge is 0.479 e. The number of furan rings is 1. The SMILES string of the molecule is CC1(C)CC(Nc2cccc(-c3oc(C(=O)O)c(OCC(=O)O)c3Cl)c2)CCN1S(=O)(=O)Cc1ccc2oc(N3CCC(c4ccc5c6c(cccc46)C(=O)N5C4CCC(=O)NC4=O)CC3)nc2c1. The maximum Gasteiger partial charge on any atom is 0.375 e. The number of halogens is 1. The van der Waals surface area contributed by atoms with E-state index < -0.39 is 51.8 Å². The molecule has 4 aliphatic heterocycles. The number of carbonyl (C=O) groups is 5. The Morgan fingerprint density at radius 1 is 0.957 bits per heavy atom. The average molecular weight is 979 g/mol. The van der Waals surface area contributed by atoms with Crippen molar-refractivity contribution in [2.45, 2.75) is 81.7 Å². The van der Waals surface area contributed by atoms with Crippen molar-refractivity contribution in [1.29, 1.82) is 0 Å². The van der Waals surface area contributed by atoms with E-state index in [-0.39, 0.29) is 65.4 Å². The number of amides is 3. The molecule has 6 heterocycles. The third-order valence-electron chi connectivity index (χ3n) is 13.6. The number of sulfonamides is 1. The van der Waals surface area contributed by atoms with Crippen LogP contribution in [0.3, 0.4) is 0 Å². The molecule has 4 aliphatic rings. The number of aliphatic carboxylic acids is 1. The van der Waals surface area contributed by atoms with Gasteiger partial charge in [-0.25, -0.2) is 18.0 Å². The Bertz CT molecular complexity index is 3230. The quantitative estimate of drug-likeness (QED) is 0.0825. The van der Waals surface area contributed by atoms with E-state index in [1.54, 1.807) is 51.7 Å². The van der Waals surface area contributed by atoms with Crippen molar-refractivity contribution in [3.8, 4) is 17.1 Å². The second-order valence-electron chi connectivity index (χ2n) is 18.6. The lowest BCUT2D eigenvalue weighted by atomic mass is 9.85. The van der Waals surface area contributed by atoms with Gasteiger partial charge in [0.15, 0.2) is 23.7 Å². The number of aromatic carboxylic acids is 1. The number of ether oxygens (including phenoxy) is 1. The summed E-state index contributed by atoms with van der Waals surface area (Å²) in [7, 11) is -3.79. The molecule has 3 saturated heterocycles. The van der Waals surface area contributed by atoms with Gasteiger partial charge in [-0.15, -0.1) is 0 Å². The lowest BCUT2D eigenvalue weighted by molar-refractivity contribution is -0.139. The van der Waals surface area contributed by atoms with Crippen LogP contribution in [0.5, 0.6) is 5.75 Å². The number of piperidine rings is 3. The van der Waals surface area contributed by atoms with Crippen LogP contribution in [0.4, 0.5) is 17.4 Å². The van der Waals surface area contributed by atoms with E-state index >= 15 is 0 Å². The normalized spacial score (nSPS) is 19.9. The molecule has 20 heteroatoms. The number of nitrogens with one attached hydrogen (secondary N) is 2. The molecule has 358 valence electrons. The lowest BCUT2D eigenvalue weighted by Crippen LogP contribution is -2.55. The minimum Gasteiger partial charge on any atom is -0.479 e. The number of carboxylic acids is 2. The average Bonchev–Trinajstić information content (AvgIpc) is 3.97. The molecule has 18 nitrogen and oxygen atoms in total. The molecule has 2 aromatic heterocycles. The molecule has 0 radical (unpaired) electrons. The fraction of sp³-hybridized carbons (Fsp3) is 0.347. The molecule has 0 saturated carbocycles. The van der Waals surface area contributed by atoms with Gasteiger partial charge in [-0.1, -0.05) is 48.0 Å². The Labute approximate surface area is 400 Å². The van der Waals surface area contributed by atoms with Crippen LogP contribution in [0.1, 0.15) is 90.3 Å². The molecule has 3 fully saturated rings. The highest BCUT2D eigenvalue weighted by atomic mass is 35.5. The number of oxazole rings is 1. The number of rotatable bonds is 13. The number of aromatic nitrogens is 1. The molecule has 4 aromatic carbocycles.